The van der Waals surface area contributed by atoms with Gasteiger partial charge in [0.15, 0.2) is 0 Å². The maximum Gasteiger partial charge on any atom is 0.353 e. The molecule has 8 nitrogen and oxygen atoms in total. The number of nitrogens with one attached hydrogen (secondary N) is 2. The van der Waals surface area contributed by atoms with Gasteiger partial charge in [-0.15, -0.1) is 0 Å². The van der Waals surface area contributed by atoms with Gasteiger partial charge in [0.1, 0.15) is 12.1 Å². The number of halogens is 2. The van der Waals surface area contributed by atoms with E-state index < -0.39 is 4.92 Å². The minimum absolute atomic E-state index is 0.0134. The molecule has 3 aromatic rings. The van der Waals surface area contributed by atoms with Gasteiger partial charge in [0.05, 0.1) is 15.0 Å². The monoisotopic (exact) mass is 390 g/mol. The Morgan fingerprint density at radius 1 is 1.00 bits per heavy atom. The van der Waals surface area contributed by atoms with Crippen LogP contribution in [0.1, 0.15) is 5.56 Å². The first-order valence-corrected chi connectivity index (χ1v) is 8.11. The van der Waals surface area contributed by atoms with Crippen LogP contribution in [0.15, 0.2) is 42.9 Å². The highest BCUT2D eigenvalue weighted by Gasteiger charge is 2.24. The second-order valence-corrected chi connectivity index (χ2v) is 6.04. The SMILES string of the molecule is Cc1cccnc1Nc1ncnc(Nc2ccc(Cl)c(Cl)c2)c1[N+](=O)[O-]. The topological polar surface area (TPSA) is 106 Å². The summed E-state index contributed by atoms with van der Waals surface area (Å²) in [5.74, 6) is 0.503. The van der Waals surface area contributed by atoms with Crippen LogP contribution in [0.25, 0.3) is 0 Å². The molecular formula is C16H12Cl2N6O2. The van der Waals surface area contributed by atoms with Crippen LogP contribution in [0.2, 0.25) is 10.0 Å². The number of benzene rings is 1. The van der Waals surface area contributed by atoms with Crippen molar-refractivity contribution in [2.24, 2.45) is 0 Å². The minimum atomic E-state index is -0.569. The Kier molecular flexibility index (Phi) is 5.15. The van der Waals surface area contributed by atoms with E-state index in [1.54, 1.807) is 30.5 Å². The summed E-state index contributed by atoms with van der Waals surface area (Å²) in [4.78, 5) is 23.2. The predicted octanol–water partition coefficient (Wildman–Crippen LogP) is 4.88. The highest BCUT2D eigenvalue weighted by Crippen LogP contribution is 2.34. The van der Waals surface area contributed by atoms with E-state index in [1.807, 2.05) is 13.0 Å². The lowest BCUT2D eigenvalue weighted by atomic mass is 10.3. The molecule has 0 unspecified atom stereocenters. The standard InChI is InChI=1S/C16H12Cl2N6O2/c1-9-3-2-6-19-14(9)23-16-13(24(25)26)15(20-8-21-16)22-10-4-5-11(17)12(18)7-10/h2-8H,1H3,(H2,19,20,21,22,23). The quantitative estimate of drug-likeness (QED) is 0.472. The number of nitro groups is 1. The second-order valence-electron chi connectivity index (χ2n) is 5.22. The zero-order chi connectivity index (χ0) is 18.7. The van der Waals surface area contributed by atoms with Gasteiger partial charge < -0.3 is 10.6 Å². The van der Waals surface area contributed by atoms with Crippen LogP contribution in [0.4, 0.5) is 28.8 Å². The van der Waals surface area contributed by atoms with Gasteiger partial charge in [-0.05, 0) is 36.8 Å². The van der Waals surface area contributed by atoms with E-state index in [0.29, 0.717) is 21.6 Å². The lowest BCUT2D eigenvalue weighted by Gasteiger charge is -2.11. The molecule has 2 N–H and O–H groups in total. The van der Waals surface area contributed by atoms with Gasteiger partial charge >= 0.3 is 5.69 Å². The molecule has 0 aliphatic carbocycles. The van der Waals surface area contributed by atoms with Crippen LogP contribution in [-0.4, -0.2) is 19.9 Å². The molecule has 2 aromatic heterocycles. The predicted molar refractivity (Wildman–Crippen MR) is 101 cm³/mol. The molecule has 0 aliphatic rings. The average Bonchev–Trinajstić information content (AvgIpc) is 2.60. The summed E-state index contributed by atoms with van der Waals surface area (Å²) < 4.78 is 0. The van der Waals surface area contributed by atoms with Crippen molar-refractivity contribution in [2.75, 3.05) is 10.6 Å². The third-order valence-corrected chi connectivity index (χ3v) is 4.17. The second kappa shape index (κ2) is 7.51. The zero-order valence-electron chi connectivity index (χ0n) is 13.4. The number of pyridine rings is 1. The van der Waals surface area contributed by atoms with Gasteiger partial charge in [0, 0.05) is 11.9 Å². The molecule has 26 heavy (non-hydrogen) atoms. The van der Waals surface area contributed by atoms with Crippen LogP contribution in [0.3, 0.4) is 0 Å². The maximum atomic E-state index is 11.6. The number of aromatic nitrogens is 3. The molecule has 0 fully saturated rings. The Hall–Kier alpha value is -2.97. The normalized spacial score (nSPS) is 10.4. The van der Waals surface area contributed by atoms with Crippen molar-refractivity contribution in [3.05, 3.63) is 68.6 Å². The van der Waals surface area contributed by atoms with Gasteiger partial charge in [0.2, 0.25) is 11.6 Å². The number of hydrogen-bond donors (Lipinski definition) is 2. The molecule has 0 bridgehead atoms. The molecule has 0 atom stereocenters. The Labute approximate surface area is 158 Å². The molecule has 1 aromatic carbocycles. The lowest BCUT2D eigenvalue weighted by molar-refractivity contribution is -0.383. The van der Waals surface area contributed by atoms with Crippen molar-refractivity contribution in [1.82, 2.24) is 15.0 Å². The number of aryl methyl sites for hydroxylation is 1. The summed E-state index contributed by atoms with van der Waals surface area (Å²) in [6.45, 7) is 1.83. The average molecular weight is 391 g/mol. The first kappa shape index (κ1) is 17.8. The fraction of sp³-hybridized carbons (Fsp3) is 0.0625. The van der Waals surface area contributed by atoms with Gasteiger partial charge in [-0.25, -0.2) is 15.0 Å². The Bertz CT molecular complexity index is 983. The van der Waals surface area contributed by atoms with Gasteiger partial charge in [-0.1, -0.05) is 29.3 Å². The van der Waals surface area contributed by atoms with Crippen LogP contribution < -0.4 is 10.6 Å². The van der Waals surface area contributed by atoms with E-state index in [4.69, 9.17) is 23.2 Å². The maximum absolute atomic E-state index is 11.6. The number of anilines is 4. The van der Waals surface area contributed by atoms with E-state index >= 15 is 0 Å². The van der Waals surface area contributed by atoms with Crippen molar-refractivity contribution >= 4 is 52.0 Å². The van der Waals surface area contributed by atoms with Crippen LogP contribution in [-0.2, 0) is 0 Å². The molecule has 0 aliphatic heterocycles. The highest BCUT2D eigenvalue weighted by atomic mass is 35.5. The number of hydrogen-bond acceptors (Lipinski definition) is 7. The smallest absolute Gasteiger partial charge is 0.334 e. The Balaban J connectivity index is 1.99. The molecule has 0 radical (unpaired) electrons. The lowest BCUT2D eigenvalue weighted by Crippen LogP contribution is -2.06. The molecule has 132 valence electrons. The Morgan fingerprint density at radius 2 is 1.73 bits per heavy atom. The van der Waals surface area contributed by atoms with Gasteiger partial charge in [-0.2, -0.15) is 0 Å². The largest absolute Gasteiger partial charge is 0.353 e. The van der Waals surface area contributed by atoms with E-state index in [-0.39, 0.29) is 17.3 Å². The van der Waals surface area contributed by atoms with Crippen LogP contribution in [0, 0.1) is 17.0 Å². The molecule has 0 saturated heterocycles. The van der Waals surface area contributed by atoms with Crippen molar-refractivity contribution in [2.45, 2.75) is 6.92 Å². The molecule has 2 heterocycles. The van der Waals surface area contributed by atoms with Gasteiger partial charge in [-0.3, -0.25) is 10.1 Å². The van der Waals surface area contributed by atoms with Crippen molar-refractivity contribution in [3.8, 4) is 0 Å². The van der Waals surface area contributed by atoms with E-state index in [0.717, 1.165) is 5.56 Å². The van der Waals surface area contributed by atoms with Gasteiger partial charge in [0.25, 0.3) is 0 Å². The minimum Gasteiger partial charge on any atom is -0.334 e. The van der Waals surface area contributed by atoms with Crippen LogP contribution >= 0.6 is 23.2 Å². The molecular weight excluding hydrogens is 379 g/mol. The molecule has 10 heteroatoms. The molecule has 0 amide bonds. The summed E-state index contributed by atoms with van der Waals surface area (Å²) in [5, 5.41) is 18.0. The molecule has 0 spiro atoms. The summed E-state index contributed by atoms with van der Waals surface area (Å²) >= 11 is 11.9. The summed E-state index contributed by atoms with van der Waals surface area (Å²) in [6.07, 6.45) is 2.80. The van der Waals surface area contributed by atoms with E-state index in [2.05, 4.69) is 25.6 Å². The van der Waals surface area contributed by atoms with E-state index in [1.165, 1.54) is 6.33 Å². The fourth-order valence-electron chi connectivity index (χ4n) is 2.17. The highest BCUT2D eigenvalue weighted by molar-refractivity contribution is 6.42. The fourth-order valence-corrected chi connectivity index (χ4v) is 2.47. The summed E-state index contributed by atoms with van der Waals surface area (Å²) in [7, 11) is 0. The number of rotatable bonds is 5. The van der Waals surface area contributed by atoms with Crippen LogP contribution in [0.5, 0.6) is 0 Å². The van der Waals surface area contributed by atoms with Crippen molar-refractivity contribution < 1.29 is 4.92 Å². The van der Waals surface area contributed by atoms with Crippen molar-refractivity contribution in [1.29, 1.82) is 0 Å². The molecule has 0 saturated carbocycles. The third-order valence-electron chi connectivity index (χ3n) is 3.43. The summed E-state index contributed by atoms with van der Waals surface area (Å²) in [6, 6.07) is 8.36. The third kappa shape index (κ3) is 3.81. The van der Waals surface area contributed by atoms with E-state index in [9.17, 15) is 10.1 Å². The first-order chi connectivity index (χ1) is 12.5. The summed E-state index contributed by atoms with van der Waals surface area (Å²) in [5.41, 5.74) is 1.00. The Morgan fingerprint density at radius 3 is 2.38 bits per heavy atom. The number of nitrogens with zero attached hydrogens (tertiary/aromatic N) is 4. The van der Waals surface area contributed by atoms with Crippen molar-refractivity contribution in [3.63, 3.8) is 0 Å². The zero-order valence-corrected chi connectivity index (χ0v) is 14.9. The molecule has 3 rings (SSSR count). The first-order valence-electron chi connectivity index (χ1n) is 7.36.